The molecule has 1 aromatic rings. The molecule has 9 heteroatoms. The lowest BCUT2D eigenvalue weighted by Gasteiger charge is -2.81. The monoisotopic (exact) mass is 469 g/mol. The average molecular weight is 470 g/mol. The summed E-state index contributed by atoms with van der Waals surface area (Å²) >= 11 is 0. The van der Waals surface area contributed by atoms with Crippen LogP contribution in [0.25, 0.3) is 0 Å². The van der Waals surface area contributed by atoms with Crippen molar-refractivity contribution in [1.82, 2.24) is 10.5 Å². The van der Waals surface area contributed by atoms with E-state index in [1.807, 2.05) is 6.92 Å². The molecule has 0 bridgehead atoms. The summed E-state index contributed by atoms with van der Waals surface area (Å²) < 4.78 is 20.1. The van der Waals surface area contributed by atoms with Gasteiger partial charge >= 0.3 is 6.09 Å². The number of nitrogens with one attached hydrogen (secondary N) is 1. The minimum absolute atomic E-state index is 0.388. The van der Waals surface area contributed by atoms with E-state index in [1.165, 1.54) is 17.1 Å². The van der Waals surface area contributed by atoms with E-state index in [1.54, 1.807) is 26.8 Å². The molecule has 1 aliphatic heterocycles. The lowest BCUT2D eigenvalue weighted by atomic mass is 9.92. The minimum atomic E-state index is -3.08. The van der Waals surface area contributed by atoms with Crippen LogP contribution in [0.1, 0.15) is 47.1 Å². The number of rotatable bonds is 3. The molecule has 7 nitrogen and oxygen atoms in total. The molecular weight excluding hydrogens is 429 g/mol. The quantitative estimate of drug-likeness (QED) is 0.385. The van der Waals surface area contributed by atoms with Gasteiger partial charge in [0.2, 0.25) is 0 Å². The van der Waals surface area contributed by atoms with Crippen LogP contribution >= 0.6 is 8.29 Å². The van der Waals surface area contributed by atoms with E-state index >= 15 is 4.39 Å². The van der Waals surface area contributed by atoms with Gasteiger partial charge in [-0.05, 0) is 90.5 Å². The van der Waals surface area contributed by atoms with E-state index in [-0.39, 0.29) is 0 Å². The van der Waals surface area contributed by atoms with Crippen molar-refractivity contribution < 1.29 is 13.9 Å². The van der Waals surface area contributed by atoms with Crippen molar-refractivity contribution in [2.24, 2.45) is 10.1 Å². The van der Waals surface area contributed by atoms with Gasteiger partial charge in [0.25, 0.3) is 0 Å². The second-order valence-corrected chi connectivity index (χ2v) is 23.2. The molecule has 1 aliphatic rings. The molecule has 0 aliphatic carbocycles. The molecule has 3 N–H and O–H groups in total. The van der Waals surface area contributed by atoms with Crippen molar-refractivity contribution in [1.29, 1.82) is 0 Å². The molecule has 1 amide bonds. The molecule has 1 atom stereocenters. The predicted molar refractivity (Wildman–Crippen MR) is 137 cm³/mol. The van der Waals surface area contributed by atoms with E-state index in [0.717, 1.165) is 0 Å². The average Bonchev–Trinajstić information content (AvgIpc) is 2.55. The molecule has 182 valence electrons. The summed E-state index contributed by atoms with van der Waals surface area (Å²) in [5.41, 5.74) is 7.79. The predicted octanol–water partition coefficient (Wildman–Crippen LogP) is 4.57. The molecule has 0 saturated carbocycles. The standard InChI is InChI=1S/C23H40FN5O2S/c1-21(2,3)31-20(30)29(28-26-7)19-22(4,5)32(8,9,10,11)15-23(6,27-19)17-14-16(25)12-13-18(17)24/h12-14,28H,7,15,25H2,1-6,8-11H3/t23-/m0/s1. The molecule has 32 heavy (non-hydrogen) atoms. The second kappa shape index (κ2) is 6.85. The first-order chi connectivity index (χ1) is 14.1. The van der Waals surface area contributed by atoms with Crippen LogP contribution < -0.4 is 11.3 Å². The normalized spacial score (nSPS) is 27.4. The van der Waals surface area contributed by atoms with Crippen molar-refractivity contribution in [3.8, 4) is 0 Å². The van der Waals surface area contributed by atoms with Gasteiger partial charge in [0.15, 0.2) is 0 Å². The number of carbonyl (C=O) groups is 1. The van der Waals surface area contributed by atoms with E-state index in [9.17, 15) is 4.79 Å². The van der Waals surface area contributed by atoms with Crippen molar-refractivity contribution in [2.45, 2.75) is 57.4 Å². The fraction of sp³-hybridized carbons (Fsp3) is 0.609. The number of anilines is 1. The number of nitrogen functional groups attached to an aromatic ring is 1. The van der Waals surface area contributed by atoms with Crippen LogP contribution in [0.3, 0.4) is 0 Å². The van der Waals surface area contributed by atoms with E-state index in [4.69, 9.17) is 15.5 Å². The lowest BCUT2D eigenvalue weighted by molar-refractivity contribution is 0.0290. The number of hydrazine groups is 1. The number of hydrogen-bond donors (Lipinski definition) is 2. The Morgan fingerprint density at radius 3 is 2.34 bits per heavy atom. The number of amides is 1. The SMILES string of the molecule is C=NNN(C(=O)OC(C)(C)C)C1=N[C@](C)(c2cc(N)ccc2F)CS(C)(C)(C)(C)C1(C)C. The Kier molecular flexibility index (Phi) is 5.56. The maximum absolute atomic E-state index is 15.1. The molecule has 1 aromatic carbocycles. The third kappa shape index (κ3) is 4.44. The lowest BCUT2D eigenvalue weighted by Crippen LogP contribution is -2.68. The molecule has 0 spiro atoms. The van der Waals surface area contributed by atoms with Crippen LogP contribution in [0, 0.1) is 5.82 Å². The molecular formula is C23H40FN5O2S. The largest absolute Gasteiger partial charge is 0.442 e. The van der Waals surface area contributed by atoms with Crippen molar-refractivity contribution in [3.63, 3.8) is 0 Å². The Morgan fingerprint density at radius 1 is 1.28 bits per heavy atom. The van der Waals surface area contributed by atoms with Gasteiger partial charge in [0.1, 0.15) is 17.3 Å². The molecule has 0 unspecified atom stereocenters. The number of halogens is 1. The summed E-state index contributed by atoms with van der Waals surface area (Å²) in [5, 5.41) is 4.93. The van der Waals surface area contributed by atoms with Gasteiger partial charge in [-0.25, -0.2) is 14.7 Å². The highest BCUT2D eigenvalue weighted by Gasteiger charge is 2.65. The van der Waals surface area contributed by atoms with Gasteiger partial charge in [-0.3, -0.25) is 13.3 Å². The number of nitrogens with two attached hydrogens (primary N) is 1. The summed E-state index contributed by atoms with van der Waals surface area (Å²) in [4.78, 5) is 18.2. The summed E-state index contributed by atoms with van der Waals surface area (Å²) in [6, 6.07) is 4.51. The highest BCUT2D eigenvalue weighted by Crippen LogP contribution is 2.89. The molecule has 2 rings (SSSR count). The zero-order chi connectivity index (χ0) is 25.0. The molecule has 1 heterocycles. The highest BCUT2D eigenvalue weighted by atomic mass is 32.4. The summed E-state index contributed by atoms with van der Waals surface area (Å²) in [5.74, 6) is 0.607. The van der Waals surface area contributed by atoms with Crippen LogP contribution in [0.5, 0.6) is 0 Å². The summed E-state index contributed by atoms with van der Waals surface area (Å²) in [7, 11) is -3.08. The van der Waals surface area contributed by atoms with E-state index in [0.29, 0.717) is 22.8 Å². The van der Waals surface area contributed by atoms with E-state index in [2.05, 4.69) is 56.2 Å². The van der Waals surface area contributed by atoms with Crippen molar-refractivity contribution in [3.05, 3.63) is 29.6 Å². The number of nitrogens with zero attached hydrogens (tertiary/aromatic N) is 3. The maximum Gasteiger partial charge on any atom is 0.436 e. The first-order valence-electron chi connectivity index (χ1n) is 10.5. The number of hydrogen-bond acceptors (Lipinski definition) is 6. The Morgan fingerprint density at radius 2 is 1.84 bits per heavy atom. The number of aliphatic imine (C=N–C) groups is 1. The number of benzene rings is 1. The van der Waals surface area contributed by atoms with Crippen molar-refractivity contribution in [2.75, 3.05) is 36.5 Å². The zero-order valence-electron chi connectivity index (χ0n) is 21.2. The molecule has 0 fully saturated rings. The fourth-order valence-electron chi connectivity index (χ4n) is 4.24. The highest BCUT2D eigenvalue weighted by molar-refractivity contribution is 8.64. The Hall–Kier alpha value is -2.29. The fourth-order valence-corrected chi connectivity index (χ4v) is 8.35. The van der Waals surface area contributed by atoms with Gasteiger partial charge in [-0.15, -0.1) is 0 Å². The third-order valence-electron chi connectivity index (χ3n) is 6.75. The molecule has 0 aromatic heterocycles. The number of hydrazone groups is 1. The van der Waals surface area contributed by atoms with Gasteiger partial charge < -0.3 is 10.5 Å². The second-order valence-electron chi connectivity index (χ2n) is 12.7. The summed E-state index contributed by atoms with van der Waals surface area (Å²) in [6.07, 6.45) is 8.25. The van der Waals surface area contributed by atoms with Crippen LogP contribution in [0.2, 0.25) is 0 Å². The molecule has 0 radical (unpaired) electrons. The molecule has 0 saturated heterocycles. The minimum Gasteiger partial charge on any atom is -0.442 e. The number of amidine groups is 1. The van der Waals surface area contributed by atoms with Gasteiger partial charge in [-0.2, -0.15) is 10.1 Å². The summed E-state index contributed by atoms with van der Waals surface area (Å²) in [6.45, 7) is 14.8. The van der Waals surface area contributed by atoms with Crippen LogP contribution in [0.15, 0.2) is 28.3 Å². The van der Waals surface area contributed by atoms with Crippen LogP contribution in [-0.2, 0) is 10.3 Å². The Labute approximate surface area is 190 Å². The topological polar surface area (TPSA) is 92.3 Å². The van der Waals surface area contributed by atoms with Gasteiger partial charge in [0.05, 0.1) is 5.54 Å². The zero-order valence-corrected chi connectivity index (χ0v) is 22.0. The number of carbonyl (C=O) groups excluding carboxylic acids is 1. The van der Waals surface area contributed by atoms with Gasteiger partial charge in [0, 0.05) is 22.7 Å². The van der Waals surface area contributed by atoms with Crippen LogP contribution in [0.4, 0.5) is 14.9 Å². The Bertz CT molecular complexity index is 991. The van der Waals surface area contributed by atoms with Crippen molar-refractivity contribution >= 4 is 32.6 Å². The first kappa shape index (κ1) is 26.0. The smallest absolute Gasteiger partial charge is 0.436 e. The third-order valence-corrected chi connectivity index (χ3v) is 13.6. The first-order valence-corrected chi connectivity index (χ1v) is 14.7. The van der Waals surface area contributed by atoms with E-state index < -0.39 is 36.1 Å². The van der Waals surface area contributed by atoms with Crippen LogP contribution in [-0.4, -0.2) is 64.8 Å². The maximum atomic E-state index is 15.1. The number of ether oxygens (including phenoxy) is 1. The van der Waals surface area contributed by atoms with Gasteiger partial charge in [-0.1, -0.05) is 0 Å². The Balaban J connectivity index is 2.88.